The van der Waals surface area contributed by atoms with Crippen molar-refractivity contribution in [3.05, 3.63) is 62.7 Å². The second-order valence-electron chi connectivity index (χ2n) is 9.80. The van der Waals surface area contributed by atoms with Gasteiger partial charge in [-0.15, -0.1) is 0 Å². The zero-order chi connectivity index (χ0) is 24.1. The molecule has 3 amide bonds. The monoisotopic (exact) mass is 460 g/mol. The van der Waals surface area contributed by atoms with E-state index in [0.717, 1.165) is 40.1 Å². The van der Waals surface area contributed by atoms with Gasteiger partial charge in [-0.1, -0.05) is 12.1 Å². The Balaban J connectivity index is 1.54. The van der Waals surface area contributed by atoms with E-state index in [1.54, 1.807) is 6.92 Å². The van der Waals surface area contributed by atoms with Crippen molar-refractivity contribution in [3.63, 3.8) is 0 Å². The van der Waals surface area contributed by atoms with Crippen molar-refractivity contribution in [1.82, 2.24) is 4.90 Å². The lowest BCUT2D eigenvalue weighted by Crippen LogP contribution is -2.54. The Morgan fingerprint density at radius 1 is 1.06 bits per heavy atom. The van der Waals surface area contributed by atoms with E-state index >= 15 is 0 Å². The van der Waals surface area contributed by atoms with Gasteiger partial charge in [0, 0.05) is 29.4 Å². The third kappa shape index (κ3) is 2.30. The molecule has 9 nitrogen and oxygen atoms in total. The van der Waals surface area contributed by atoms with Crippen molar-refractivity contribution >= 4 is 34.8 Å². The molecular formula is C25H24N4O5. The van der Waals surface area contributed by atoms with Crippen molar-refractivity contribution in [2.75, 3.05) is 16.8 Å². The average Bonchev–Trinajstić information content (AvgIpc) is 3.50. The van der Waals surface area contributed by atoms with Crippen molar-refractivity contribution in [2.45, 2.75) is 45.2 Å². The molecule has 4 heterocycles. The van der Waals surface area contributed by atoms with Gasteiger partial charge in [-0.3, -0.25) is 29.4 Å². The lowest BCUT2D eigenvalue weighted by molar-refractivity contribution is -0.384. The van der Waals surface area contributed by atoms with Crippen molar-refractivity contribution in [3.8, 4) is 0 Å². The molecule has 0 aromatic heterocycles. The molecule has 2 aromatic rings. The second-order valence-corrected chi connectivity index (χ2v) is 9.80. The molecule has 1 N–H and O–H groups in total. The molecule has 0 unspecified atom stereocenters. The van der Waals surface area contributed by atoms with Crippen molar-refractivity contribution in [2.24, 2.45) is 11.8 Å². The molecule has 2 aromatic carbocycles. The summed E-state index contributed by atoms with van der Waals surface area (Å²) >= 11 is 0. The predicted molar refractivity (Wildman–Crippen MR) is 123 cm³/mol. The van der Waals surface area contributed by atoms with Crippen molar-refractivity contribution < 1.29 is 19.3 Å². The number of hydrogen-bond acceptors (Lipinski definition) is 6. The Labute approximate surface area is 195 Å². The van der Waals surface area contributed by atoms with E-state index in [9.17, 15) is 24.5 Å². The van der Waals surface area contributed by atoms with Crippen LogP contribution in [0.15, 0.2) is 30.3 Å². The highest BCUT2D eigenvalue weighted by atomic mass is 16.6. The summed E-state index contributed by atoms with van der Waals surface area (Å²) in [5.41, 5.74) is 2.99. The Morgan fingerprint density at radius 3 is 2.53 bits per heavy atom. The number of aryl methyl sites for hydroxylation is 2. The molecule has 4 aliphatic heterocycles. The fraction of sp³-hybridized carbons (Fsp3) is 0.400. The standard InChI is InChI=1S/C25H24N4O5/c1-12-6-8-16-21(14(12)3)26-24(32)25(16)20-19(18-5-4-10-27(18)25)22(30)28(23(20)31)17-9-7-15(29(33)34)11-13(17)2/h6-9,11,18-20H,4-5,10H2,1-3H3,(H,26,32)/t18-,19+,20-,25+/m0/s1. The lowest BCUT2D eigenvalue weighted by atomic mass is 9.75. The zero-order valence-electron chi connectivity index (χ0n) is 19.1. The van der Waals surface area contributed by atoms with Crippen LogP contribution in [0, 0.1) is 42.7 Å². The number of benzene rings is 2. The first-order valence-corrected chi connectivity index (χ1v) is 11.5. The van der Waals surface area contributed by atoms with Crippen LogP contribution in [0.1, 0.15) is 35.1 Å². The minimum Gasteiger partial charge on any atom is -0.324 e. The topological polar surface area (TPSA) is 113 Å². The van der Waals surface area contributed by atoms with Crippen LogP contribution >= 0.6 is 0 Å². The molecule has 0 saturated carbocycles. The summed E-state index contributed by atoms with van der Waals surface area (Å²) in [6, 6.07) is 7.81. The Kier molecular flexibility index (Phi) is 4.15. The summed E-state index contributed by atoms with van der Waals surface area (Å²) in [6.45, 7) is 6.23. The maximum atomic E-state index is 14.0. The van der Waals surface area contributed by atoms with E-state index in [1.807, 2.05) is 26.0 Å². The van der Waals surface area contributed by atoms with Crippen molar-refractivity contribution in [1.29, 1.82) is 0 Å². The quantitative estimate of drug-likeness (QED) is 0.419. The normalized spacial score (nSPS) is 29.6. The minimum absolute atomic E-state index is 0.103. The van der Waals surface area contributed by atoms with Gasteiger partial charge in [-0.05, 0) is 62.9 Å². The number of non-ortho nitro benzene ring substituents is 1. The maximum Gasteiger partial charge on any atom is 0.269 e. The van der Waals surface area contributed by atoms with Crippen LogP contribution in [0.5, 0.6) is 0 Å². The number of fused-ring (bicyclic) bond motifs is 7. The van der Waals surface area contributed by atoms with Crippen LogP contribution < -0.4 is 10.2 Å². The molecule has 9 heteroatoms. The fourth-order valence-electron chi connectivity index (χ4n) is 6.76. The lowest BCUT2D eigenvalue weighted by Gasteiger charge is -2.36. The minimum atomic E-state index is -1.23. The average molecular weight is 460 g/mol. The number of hydrogen-bond donors (Lipinski definition) is 1. The van der Waals surface area contributed by atoms with Crippen LogP contribution in [0.3, 0.4) is 0 Å². The van der Waals surface area contributed by atoms with Gasteiger partial charge in [0.15, 0.2) is 0 Å². The number of imide groups is 1. The maximum absolute atomic E-state index is 14.0. The molecular weight excluding hydrogens is 436 g/mol. The molecule has 0 aliphatic carbocycles. The van der Waals surface area contributed by atoms with E-state index in [2.05, 4.69) is 10.2 Å². The van der Waals surface area contributed by atoms with E-state index < -0.39 is 28.2 Å². The summed E-state index contributed by atoms with van der Waals surface area (Å²) in [7, 11) is 0. The Morgan fingerprint density at radius 2 is 1.82 bits per heavy atom. The second kappa shape index (κ2) is 6.73. The number of rotatable bonds is 2. The number of carbonyl (C=O) groups is 3. The summed E-state index contributed by atoms with van der Waals surface area (Å²) in [4.78, 5) is 55.5. The van der Waals surface area contributed by atoms with Gasteiger partial charge in [0.05, 0.1) is 22.4 Å². The fourth-order valence-corrected chi connectivity index (χ4v) is 6.76. The van der Waals surface area contributed by atoms with E-state index in [0.29, 0.717) is 17.8 Å². The highest BCUT2D eigenvalue weighted by Gasteiger charge is 2.74. The molecule has 174 valence electrons. The van der Waals surface area contributed by atoms with Crippen LogP contribution in [-0.2, 0) is 19.9 Å². The first kappa shape index (κ1) is 21.0. The van der Waals surface area contributed by atoms with Crippen LogP contribution in [0.25, 0.3) is 0 Å². The summed E-state index contributed by atoms with van der Waals surface area (Å²) in [6.07, 6.45) is 1.59. The van der Waals surface area contributed by atoms with E-state index in [4.69, 9.17) is 0 Å². The van der Waals surface area contributed by atoms with Gasteiger partial charge in [0.25, 0.3) is 5.69 Å². The van der Waals surface area contributed by atoms with Gasteiger partial charge in [-0.2, -0.15) is 0 Å². The summed E-state index contributed by atoms with van der Waals surface area (Å²) < 4.78 is 0. The van der Waals surface area contributed by atoms with Gasteiger partial charge in [-0.25, -0.2) is 4.90 Å². The highest BCUT2D eigenvalue weighted by Crippen LogP contribution is 2.61. The molecule has 6 rings (SSSR count). The number of nitro groups is 1. The molecule has 34 heavy (non-hydrogen) atoms. The highest BCUT2D eigenvalue weighted by molar-refractivity contribution is 6.26. The van der Waals surface area contributed by atoms with Crippen LogP contribution in [0.2, 0.25) is 0 Å². The van der Waals surface area contributed by atoms with Crippen LogP contribution in [-0.4, -0.2) is 40.1 Å². The third-order valence-corrected chi connectivity index (χ3v) is 8.33. The molecule has 4 aliphatic rings. The third-order valence-electron chi connectivity index (χ3n) is 8.33. The number of nitro benzene ring substituents is 1. The SMILES string of the molecule is Cc1cc([N+](=O)[O-])ccc1N1C(=O)[C@H]2[C@@H](C1=O)[C@]1(C(=O)Nc3c1ccc(C)c3C)N1CCC[C@@H]21. The molecule has 0 bridgehead atoms. The number of carbonyl (C=O) groups excluding carboxylic acids is 3. The van der Waals surface area contributed by atoms with Crippen LogP contribution in [0.4, 0.5) is 17.1 Å². The first-order chi connectivity index (χ1) is 16.2. The number of nitrogens with zero attached hydrogens (tertiary/aromatic N) is 3. The van der Waals surface area contributed by atoms with E-state index in [1.165, 1.54) is 18.2 Å². The van der Waals surface area contributed by atoms with Gasteiger partial charge in [0.1, 0.15) is 5.54 Å². The predicted octanol–water partition coefficient (Wildman–Crippen LogP) is 2.95. The smallest absolute Gasteiger partial charge is 0.269 e. The molecule has 1 spiro atoms. The number of anilines is 2. The number of nitrogens with one attached hydrogen (secondary N) is 1. The number of amides is 3. The molecule has 4 atom stereocenters. The van der Waals surface area contributed by atoms with Gasteiger partial charge < -0.3 is 5.32 Å². The first-order valence-electron chi connectivity index (χ1n) is 11.5. The summed E-state index contributed by atoms with van der Waals surface area (Å²) in [5.74, 6) is -2.47. The Bertz CT molecular complexity index is 1340. The van der Waals surface area contributed by atoms with Gasteiger partial charge >= 0.3 is 0 Å². The largest absolute Gasteiger partial charge is 0.324 e. The van der Waals surface area contributed by atoms with E-state index in [-0.39, 0.29) is 23.5 Å². The molecule has 3 saturated heterocycles. The molecule has 0 radical (unpaired) electrons. The molecule has 3 fully saturated rings. The Hall–Kier alpha value is -3.59. The van der Waals surface area contributed by atoms with Gasteiger partial charge in [0.2, 0.25) is 17.7 Å². The zero-order valence-corrected chi connectivity index (χ0v) is 19.1. The summed E-state index contributed by atoms with van der Waals surface area (Å²) in [5, 5.41) is 14.2.